The van der Waals surface area contributed by atoms with E-state index in [1.54, 1.807) is 23.8 Å². The molecule has 116 valence electrons. The molecule has 3 aromatic heterocycles. The molecule has 0 fully saturated rings. The van der Waals surface area contributed by atoms with Crippen molar-refractivity contribution in [2.45, 2.75) is 12.2 Å². The van der Waals surface area contributed by atoms with Gasteiger partial charge in [0.1, 0.15) is 23.7 Å². The third-order valence-corrected chi connectivity index (χ3v) is 4.78. The van der Waals surface area contributed by atoms with Gasteiger partial charge in [-0.1, -0.05) is 6.07 Å². The summed E-state index contributed by atoms with van der Waals surface area (Å²) in [7, 11) is 1.92. The Labute approximate surface area is 138 Å². The summed E-state index contributed by atoms with van der Waals surface area (Å²) in [6, 6.07) is 11.8. The van der Waals surface area contributed by atoms with E-state index in [2.05, 4.69) is 27.1 Å². The summed E-state index contributed by atoms with van der Waals surface area (Å²) in [6.45, 7) is 0. The van der Waals surface area contributed by atoms with Gasteiger partial charge < -0.3 is 9.73 Å². The summed E-state index contributed by atoms with van der Waals surface area (Å²) in [4.78, 5) is 10.7. The number of hydrogen-bond donors (Lipinski definition) is 2. The maximum atomic E-state index is 5.62. The zero-order chi connectivity index (χ0) is 15.6. The number of likely N-dealkylation sites (N-methyl/N-ethyl adjacent to an activating group) is 1. The molecule has 2 atom stereocenters. The van der Waals surface area contributed by atoms with Gasteiger partial charge in [0, 0.05) is 16.6 Å². The highest BCUT2D eigenvalue weighted by molar-refractivity contribution is 7.10. The fourth-order valence-corrected chi connectivity index (χ4v) is 3.55. The van der Waals surface area contributed by atoms with E-state index in [1.807, 2.05) is 37.4 Å². The molecule has 23 heavy (non-hydrogen) atoms. The summed E-state index contributed by atoms with van der Waals surface area (Å²) < 4.78 is 5.62. The Hall–Kier alpha value is -2.44. The van der Waals surface area contributed by atoms with Crippen molar-refractivity contribution in [3.05, 3.63) is 70.4 Å². The number of rotatable bonds is 3. The fraction of sp³-hybridized carbons (Fsp3) is 0.176. The van der Waals surface area contributed by atoms with Crippen LogP contribution >= 0.6 is 11.3 Å². The van der Waals surface area contributed by atoms with Gasteiger partial charge in [0.2, 0.25) is 0 Å². The van der Waals surface area contributed by atoms with Crippen LogP contribution in [0.4, 0.5) is 5.82 Å². The van der Waals surface area contributed by atoms with E-state index in [-0.39, 0.29) is 12.2 Å². The lowest BCUT2D eigenvalue weighted by Crippen LogP contribution is -2.38. The van der Waals surface area contributed by atoms with E-state index in [0.29, 0.717) is 0 Å². The maximum Gasteiger partial charge on any atom is 0.152 e. The largest absolute Gasteiger partial charge is 0.463 e. The normalized spacial score (nSPS) is 20.3. The average Bonchev–Trinajstić information content (AvgIpc) is 3.26. The van der Waals surface area contributed by atoms with E-state index in [9.17, 15) is 0 Å². The second kappa shape index (κ2) is 5.98. The van der Waals surface area contributed by atoms with Gasteiger partial charge >= 0.3 is 0 Å². The van der Waals surface area contributed by atoms with Crippen LogP contribution in [0.15, 0.2) is 63.6 Å². The van der Waals surface area contributed by atoms with Crippen LogP contribution in [0.2, 0.25) is 0 Å². The molecular weight excluding hydrogens is 308 g/mol. The number of fused-ring (bicyclic) bond motifs is 1. The number of aliphatic imine (C=N–C) groups is 1. The Morgan fingerprint density at radius 3 is 2.91 bits per heavy atom. The lowest BCUT2D eigenvalue weighted by Gasteiger charge is -2.22. The second-order valence-electron chi connectivity index (χ2n) is 5.23. The van der Waals surface area contributed by atoms with Crippen LogP contribution in [-0.2, 0) is 0 Å². The smallest absolute Gasteiger partial charge is 0.152 e. The Morgan fingerprint density at radius 2 is 2.17 bits per heavy atom. The molecule has 0 spiro atoms. The Kier molecular flexibility index (Phi) is 3.69. The zero-order valence-corrected chi connectivity index (χ0v) is 13.4. The molecule has 0 saturated carbocycles. The summed E-state index contributed by atoms with van der Waals surface area (Å²) in [5.74, 6) is 1.56. The molecule has 4 rings (SSSR count). The highest BCUT2D eigenvalue weighted by atomic mass is 32.1. The van der Waals surface area contributed by atoms with Crippen molar-refractivity contribution in [3.63, 3.8) is 0 Å². The molecule has 0 aliphatic carbocycles. The first-order valence-corrected chi connectivity index (χ1v) is 8.29. The molecule has 0 saturated heterocycles. The molecular formula is C17H16N4OS. The second-order valence-corrected chi connectivity index (χ2v) is 6.20. The van der Waals surface area contributed by atoms with Gasteiger partial charge in [-0.3, -0.25) is 10.3 Å². The Bertz CT molecular complexity index is 811. The van der Waals surface area contributed by atoms with Crippen LogP contribution in [0, 0.1) is 0 Å². The number of nitrogens with one attached hydrogen (secondary N) is 2. The van der Waals surface area contributed by atoms with E-state index in [1.165, 1.54) is 4.88 Å². The monoisotopic (exact) mass is 324 g/mol. The van der Waals surface area contributed by atoms with Crippen LogP contribution in [0.3, 0.4) is 0 Å². The van der Waals surface area contributed by atoms with Crippen molar-refractivity contribution >= 4 is 22.9 Å². The third kappa shape index (κ3) is 2.56. The summed E-state index contributed by atoms with van der Waals surface area (Å²) in [5, 5.41) is 8.84. The lowest BCUT2D eigenvalue weighted by atomic mass is 10.1. The zero-order valence-electron chi connectivity index (χ0n) is 12.6. The first-order chi connectivity index (χ1) is 11.4. The first kappa shape index (κ1) is 14.2. The van der Waals surface area contributed by atoms with Crippen LogP contribution in [-0.4, -0.2) is 23.9 Å². The summed E-state index contributed by atoms with van der Waals surface area (Å²) >= 11 is 1.70. The number of hydrogen-bond acceptors (Lipinski definition) is 6. The van der Waals surface area contributed by atoms with Crippen molar-refractivity contribution in [2.75, 3.05) is 12.4 Å². The minimum atomic E-state index is -0.0608. The van der Waals surface area contributed by atoms with Gasteiger partial charge in [-0.25, -0.2) is 4.98 Å². The van der Waals surface area contributed by atoms with Gasteiger partial charge in [0.05, 0.1) is 6.26 Å². The van der Waals surface area contributed by atoms with Crippen molar-refractivity contribution in [3.8, 4) is 0 Å². The number of thiophene rings is 1. The van der Waals surface area contributed by atoms with E-state index in [0.717, 1.165) is 22.9 Å². The molecule has 2 unspecified atom stereocenters. The SMILES string of the molecule is CNC1Nc2ncccc2C(c2ccco2)=NC1c1cccs1. The predicted octanol–water partition coefficient (Wildman–Crippen LogP) is 3.29. The Balaban J connectivity index is 1.91. The molecule has 3 aromatic rings. The van der Waals surface area contributed by atoms with Gasteiger partial charge in [-0.2, -0.15) is 0 Å². The van der Waals surface area contributed by atoms with Crippen molar-refractivity contribution in [1.82, 2.24) is 10.3 Å². The van der Waals surface area contributed by atoms with E-state index >= 15 is 0 Å². The molecule has 0 amide bonds. The molecule has 0 aromatic carbocycles. The highest BCUT2D eigenvalue weighted by Crippen LogP contribution is 2.32. The van der Waals surface area contributed by atoms with Gasteiger partial charge in [0.15, 0.2) is 5.76 Å². The molecule has 0 bridgehead atoms. The van der Waals surface area contributed by atoms with Crippen molar-refractivity contribution < 1.29 is 4.42 Å². The van der Waals surface area contributed by atoms with Crippen molar-refractivity contribution in [1.29, 1.82) is 0 Å². The van der Waals surface area contributed by atoms with E-state index in [4.69, 9.17) is 9.41 Å². The molecule has 1 aliphatic heterocycles. The van der Waals surface area contributed by atoms with Gasteiger partial charge in [-0.05, 0) is 42.8 Å². The molecule has 0 radical (unpaired) electrons. The standard InChI is InChI=1S/C17H16N4OS/c1-18-17-15(13-7-4-10-23-13)20-14(12-6-3-9-22-12)11-5-2-8-19-16(11)21-17/h2-10,15,17-18H,1H3,(H,19,21). The minimum absolute atomic E-state index is 0.0465. The van der Waals surface area contributed by atoms with Gasteiger partial charge in [-0.15, -0.1) is 11.3 Å². The number of anilines is 1. The quantitative estimate of drug-likeness (QED) is 0.776. The minimum Gasteiger partial charge on any atom is -0.463 e. The topological polar surface area (TPSA) is 62.5 Å². The fourth-order valence-electron chi connectivity index (χ4n) is 2.75. The molecule has 2 N–H and O–H groups in total. The molecule has 5 nitrogen and oxygen atoms in total. The lowest BCUT2D eigenvalue weighted by molar-refractivity contribution is 0.524. The number of furan rings is 1. The summed E-state index contributed by atoms with van der Waals surface area (Å²) in [6.07, 6.45) is 3.40. The third-order valence-electron chi connectivity index (χ3n) is 3.84. The number of nitrogens with zero attached hydrogens (tertiary/aromatic N) is 2. The van der Waals surface area contributed by atoms with Crippen LogP contribution < -0.4 is 10.6 Å². The van der Waals surface area contributed by atoms with Crippen LogP contribution in [0.25, 0.3) is 0 Å². The van der Waals surface area contributed by atoms with Crippen molar-refractivity contribution in [2.24, 2.45) is 4.99 Å². The number of pyridine rings is 1. The molecule has 1 aliphatic rings. The molecule has 4 heterocycles. The summed E-state index contributed by atoms with van der Waals surface area (Å²) in [5.41, 5.74) is 1.77. The van der Waals surface area contributed by atoms with Crippen LogP contribution in [0.1, 0.15) is 22.2 Å². The molecule has 6 heteroatoms. The number of aromatic nitrogens is 1. The van der Waals surface area contributed by atoms with E-state index < -0.39 is 0 Å². The predicted molar refractivity (Wildman–Crippen MR) is 92.1 cm³/mol. The first-order valence-electron chi connectivity index (χ1n) is 7.41. The maximum absolute atomic E-state index is 5.62. The highest BCUT2D eigenvalue weighted by Gasteiger charge is 2.29. The van der Waals surface area contributed by atoms with Gasteiger partial charge in [0.25, 0.3) is 0 Å². The Morgan fingerprint density at radius 1 is 1.22 bits per heavy atom. The van der Waals surface area contributed by atoms with Crippen LogP contribution in [0.5, 0.6) is 0 Å². The average molecular weight is 324 g/mol.